The number of thiocarbonyl (C=S) groups is 1. The van der Waals surface area contributed by atoms with E-state index in [1.165, 1.54) is 77.0 Å². The summed E-state index contributed by atoms with van der Waals surface area (Å²) in [5.74, 6) is 2.05. The molecule has 0 radical (unpaired) electrons. The number of nitrogens with zero attached hydrogens (tertiary/aromatic N) is 2. The Balaban J connectivity index is 0.000000235. The van der Waals surface area contributed by atoms with Crippen molar-refractivity contribution in [2.75, 3.05) is 23.6 Å². The van der Waals surface area contributed by atoms with Gasteiger partial charge in [0.2, 0.25) is 11.8 Å². The highest BCUT2D eigenvalue weighted by molar-refractivity contribution is 7.80. The van der Waals surface area contributed by atoms with Gasteiger partial charge in [0, 0.05) is 42.6 Å². The van der Waals surface area contributed by atoms with Gasteiger partial charge in [0.1, 0.15) is 23.0 Å². The molecule has 2 amide bonds. The van der Waals surface area contributed by atoms with Crippen LogP contribution in [-0.4, -0.2) is 52.3 Å². The van der Waals surface area contributed by atoms with Crippen LogP contribution in [0.1, 0.15) is 89.2 Å². The quantitative estimate of drug-likeness (QED) is 0.0397. The summed E-state index contributed by atoms with van der Waals surface area (Å²) in [7, 11) is 3.87. The van der Waals surface area contributed by atoms with E-state index < -0.39 is 0 Å². The van der Waals surface area contributed by atoms with Crippen molar-refractivity contribution in [2.45, 2.75) is 102 Å². The molecule has 11 nitrogen and oxygen atoms in total. The number of aromatic nitrogens is 1. The molecule has 2 aliphatic carbocycles. The summed E-state index contributed by atoms with van der Waals surface area (Å²) >= 11 is 12.0. The number of carbonyl (C=O) groups excluding carboxylic acids is 3. The van der Waals surface area contributed by atoms with Crippen LogP contribution in [0.4, 0.5) is 11.4 Å². The molecule has 1 heterocycles. The second kappa shape index (κ2) is 29.4. The Hall–Kier alpha value is -5.21. The minimum absolute atomic E-state index is 0. The first-order chi connectivity index (χ1) is 31.2. The molecule has 4 aromatic carbocycles. The van der Waals surface area contributed by atoms with E-state index in [0.717, 1.165) is 38.5 Å². The molecule has 7 rings (SSSR count). The zero-order valence-electron chi connectivity index (χ0n) is 37.3. The summed E-state index contributed by atoms with van der Waals surface area (Å²) in [6.45, 7) is 0. The lowest BCUT2D eigenvalue weighted by Gasteiger charge is -2.17. The third-order valence-electron chi connectivity index (χ3n) is 10.6. The van der Waals surface area contributed by atoms with Gasteiger partial charge in [-0.25, -0.2) is 0 Å². The first-order valence-electron chi connectivity index (χ1n) is 22.2. The molecule has 0 atom stereocenters. The van der Waals surface area contributed by atoms with Gasteiger partial charge in [0.25, 0.3) is 0 Å². The fraction of sp³-hybridized carbons (Fsp3) is 0.380. The molecule has 0 saturated heterocycles. The number of thiazole rings is 1. The number of ketones is 1. The maximum atomic E-state index is 12.6. The lowest BCUT2D eigenvalue weighted by Crippen LogP contribution is -2.39. The van der Waals surface area contributed by atoms with E-state index in [2.05, 4.69) is 25.8 Å². The van der Waals surface area contributed by atoms with E-state index in [9.17, 15) is 14.4 Å². The van der Waals surface area contributed by atoms with E-state index in [1.807, 2.05) is 104 Å². The van der Waals surface area contributed by atoms with Crippen LogP contribution in [0.5, 0.6) is 23.0 Å². The number of benzene rings is 4. The number of hydrogen-bond acceptors (Lipinski definition) is 8. The second-order valence-corrected chi connectivity index (χ2v) is 17.3. The highest BCUT2D eigenvalue weighted by Crippen LogP contribution is 2.25. The van der Waals surface area contributed by atoms with Gasteiger partial charge in [-0.15, -0.1) is 35.3 Å². The first-order valence-corrected chi connectivity index (χ1v) is 24.0. The van der Waals surface area contributed by atoms with Crippen LogP contribution < -0.4 is 35.5 Å². The van der Waals surface area contributed by atoms with Crippen LogP contribution in [0.25, 0.3) is 0 Å². The van der Waals surface area contributed by atoms with Gasteiger partial charge in [0.15, 0.2) is 15.7 Å². The third kappa shape index (κ3) is 19.8. The monoisotopic (exact) mass is 960 g/mol. The van der Waals surface area contributed by atoms with Crippen molar-refractivity contribution >= 4 is 81.6 Å². The molecule has 5 aromatic rings. The summed E-state index contributed by atoms with van der Waals surface area (Å²) in [5.41, 5.74) is 2.34. The minimum atomic E-state index is -0.377. The van der Waals surface area contributed by atoms with Gasteiger partial charge in [-0.1, -0.05) is 87.8 Å². The maximum absolute atomic E-state index is 12.6. The smallest absolute Gasteiger partial charge is 0.231 e. The number of para-hydroxylation sites is 2. The molecule has 0 spiro atoms. The number of nitrogens with one attached hydrogen (secondary N) is 4. The fourth-order valence-electron chi connectivity index (χ4n) is 7.17. The Morgan fingerprint density at radius 3 is 1.63 bits per heavy atom. The Labute approximate surface area is 404 Å². The van der Waals surface area contributed by atoms with Crippen LogP contribution in [0.2, 0.25) is 0 Å². The minimum Gasteiger partial charge on any atom is -0.457 e. The predicted molar refractivity (Wildman–Crippen MR) is 271 cm³/mol. The zero-order valence-corrected chi connectivity index (χ0v) is 40.5. The number of anilines is 2. The Morgan fingerprint density at radius 2 is 1.15 bits per heavy atom. The van der Waals surface area contributed by atoms with Crippen molar-refractivity contribution in [3.63, 3.8) is 0 Å². The van der Waals surface area contributed by atoms with Gasteiger partial charge >= 0.3 is 0 Å². The van der Waals surface area contributed by atoms with Crippen molar-refractivity contribution in [3.05, 3.63) is 125 Å². The van der Waals surface area contributed by atoms with Crippen LogP contribution >= 0.6 is 47.6 Å². The number of ether oxygens (including phenoxy) is 2. The normalized spacial score (nSPS) is 14.2. The SMILES string of the molecule is CNC(=S)NC1CCCCCC1.Cl.Cn1c(CC(=O)Nc2ccc(Oc3ccccc3)cc2)csc1=NC1CCCCCC1.O=C(CCl)CC(=O)Nc1ccc(Oc2ccccc2)cc1. The van der Waals surface area contributed by atoms with E-state index in [0.29, 0.717) is 29.9 Å². The van der Waals surface area contributed by atoms with Crippen LogP contribution in [0.3, 0.4) is 0 Å². The Bertz CT molecular complexity index is 2240. The van der Waals surface area contributed by atoms with E-state index in [1.54, 1.807) is 35.6 Å². The molecule has 0 aliphatic heterocycles. The van der Waals surface area contributed by atoms with Gasteiger partial charge in [-0.3, -0.25) is 19.4 Å². The van der Waals surface area contributed by atoms with Gasteiger partial charge in [-0.05, 0) is 111 Å². The number of hydrogen-bond donors (Lipinski definition) is 4. The summed E-state index contributed by atoms with van der Waals surface area (Å²) in [6.07, 6.45) is 15.7. The number of halogens is 2. The molecule has 65 heavy (non-hydrogen) atoms. The number of alkyl halides is 1. The van der Waals surface area contributed by atoms with Crippen LogP contribution in [-0.2, 0) is 27.9 Å². The summed E-state index contributed by atoms with van der Waals surface area (Å²) in [4.78, 5) is 41.1. The molecule has 348 valence electrons. The Kier molecular flexibility index (Phi) is 23.7. The van der Waals surface area contributed by atoms with Gasteiger partial charge in [-0.2, -0.15) is 0 Å². The second-order valence-electron chi connectivity index (χ2n) is 15.8. The summed E-state index contributed by atoms with van der Waals surface area (Å²) in [5, 5.41) is 14.7. The van der Waals surface area contributed by atoms with Crippen molar-refractivity contribution in [3.8, 4) is 23.0 Å². The van der Waals surface area contributed by atoms with Crippen molar-refractivity contribution in [1.82, 2.24) is 15.2 Å². The molecular formula is C50H62Cl2N6O5S2. The summed E-state index contributed by atoms with van der Waals surface area (Å²) in [6, 6.07) is 34.4. The first kappa shape index (κ1) is 52.4. The average molecular weight is 962 g/mol. The number of rotatable bonds is 13. The highest BCUT2D eigenvalue weighted by Gasteiger charge is 2.14. The molecule has 1 aromatic heterocycles. The molecule has 0 unspecified atom stereocenters. The predicted octanol–water partition coefficient (Wildman–Crippen LogP) is 11.5. The van der Waals surface area contributed by atoms with Gasteiger partial charge in [0.05, 0.1) is 24.8 Å². The van der Waals surface area contributed by atoms with Crippen molar-refractivity contribution in [2.24, 2.45) is 12.0 Å². The van der Waals surface area contributed by atoms with E-state index in [4.69, 9.17) is 38.3 Å². The molecule has 2 fully saturated rings. The molecule has 15 heteroatoms. The van der Waals surface area contributed by atoms with E-state index in [-0.39, 0.29) is 42.3 Å². The standard InChI is InChI=1S/C25H29N3O2S.C16H14ClNO3.C9H18N2S.ClH/c1-28-21(18-31-25(28)27-19-9-5-2-3-6-10-19)17-24(29)26-20-13-15-23(16-14-20)30-22-11-7-4-8-12-22;17-11-13(19)10-16(20)18-12-6-8-15(9-7-12)21-14-4-2-1-3-5-14;1-10-9(12)11-8-6-4-2-3-5-7-8;/h4,7-8,11-16,18-19H,2-3,5-6,9-10,17H2,1H3,(H,26,29);1-9H,10-11H2,(H,18,20);8H,2-7H2,1H3,(H2,10,11,12);1H. The maximum Gasteiger partial charge on any atom is 0.231 e. The fourth-order valence-corrected chi connectivity index (χ4v) is 8.40. The number of Topliss-reactive ketones (excluding diaryl/α,β-unsaturated/α-hetero) is 1. The summed E-state index contributed by atoms with van der Waals surface area (Å²) < 4.78 is 13.5. The highest BCUT2D eigenvalue weighted by atomic mass is 35.5. The molecular weight excluding hydrogens is 900 g/mol. The van der Waals surface area contributed by atoms with E-state index >= 15 is 0 Å². The lowest BCUT2D eigenvalue weighted by atomic mass is 10.1. The third-order valence-corrected chi connectivity index (χ3v) is 12.2. The number of carbonyl (C=O) groups is 3. The van der Waals surface area contributed by atoms with Crippen molar-refractivity contribution in [1.29, 1.82) is 0 Å². The van der Waals surface area contributed by atoms with Crippen molar-refractivity contribution < 1.29 is 23.9 Å². The van der Waals surface area contributed by atoms with Gasteiger partial charge < -0.3 is 35.3 Å². The van der Waals surface area contributed by atoms with Crippen LogP contribution in [0, 0.1) is 0 Å². The molecule has 0 bridgehead atoms. The largest absolute Gasteiger partial charge is 0.457 e. The van der Waals surface area contributed by atoms with Crippen LogP contribution in [0.15, 0.2) is 120 Å². The lowest BCUT2D eigenvalue weighted by molar-refractivity contribution is -0.124. The Morgan fingerprint density at radius 1 is 0.692 bits per heavy atom. The molecule has 4 N–H and O–H groups in total. The average Bonchev–Trinajstić information content (AvgIpc) is 3.53. The molecule has 2 saturated carbocycles. The number of amides is 2. The molecule has 2 aliphatic rings. The zero-order chi connectivity index (χ0) is 45.4. The topological polar surface area (TPSA) is 135 Å².